The van der Waals surface area contributed by atoms with Crippen molar-refractivity contribution >= 4 is 78.8 Å². The zero-order valence-electron chi connectivity index (χ0n) is 34.3. The fourth-order valence-corrected chi connectivity index (χ4v) is 10.5. The lowest BCUT2D eigenvalue weighted by Gasteiger charge is -2.45. The third-order valence-corrected chi connectivity index (χ3v) is 12.6. The summed E-state index contributed by atoms with van der Waals surface area (Å²) in [4.78, 5) is 15.2. The van der Waals surface area contributed by atoms with Crippen LogP contribution in [0.4, 0.5) is 34.1 Å². The number of aryl methyl sites for hydroxylation is 6. The Morgan fingerprint density at radius 1 is 0.407 bits per heavy atom. The SMILES string of the molecule is Cc1cc(C)c(N2c3ccc(-c4nccc5ccccc45)cc3B3c4cc(-c5nccc6ccccc56)ccc4N(c4c(C)cc(C)cc4C)c4cccc2c43)c(C)c1. The Balaban J connectivity index is 1.26. The summed E-state index contributed by atoms with van der Waals surface area (Å²) < 4.78 is 0. The number of hydrogen-bond acceptors (Lipinski definition) is 4. The number of hydrogen-bond donors (Lipinski definition) is 0. The summed E-state index contributed by atoms with van der Waals surface area (Å²) in [7, 11) is 0. The maximum atomic E-state index is 5.04. The highest BCUT2D eigenvalue weighted by atomic mass is 15.2. The molecule has 0 radical (unpaired) electrons. The van der Waals surface area contributed by atoms with Crippen molar-refractivity contribution in [1.29, 1.82) is 0 Å². The summed E-state index contributed by atoms with van der Waals surface area (Å²) >= 11 is 0. The van der Waals surface area contributed by atoms with E-state index < -0.39 is 0 Å². The predicted molar refractivity (Wildman–Crippen MR) is 250 cm³/mol. The van der Waals surface area contributed by atoms with E-state index in [0.29, 0.717) is 0 Å². The monoisotopic (exact) mass is 758 g/mol. The number of rotatable bonds is 4. The fraction of sp³-hybridized carbons (Fsp3) is 0.111. The Morgan fingerprint density at radius 2 is 0.831 bits per heavy atom. The fourth-order valence-electron chi connectivity index (χ4n) is 10.5. The molecule has 0 spiro atoms. The van der Waals surface area contributed by atoms with Gasteiger partial charge in [0, 0.05) is 57.0 Å². The molecule has 2 aliphatic rings. The predicted octanol–water partition coefficient (Wildman–Crippen LogP) is 12.1. The van der Waals surface area contributed by atoms with Crippen molar-refractivity contribution in [3.05, 3.63) is 185 Å². The second-order valence-corrected chi connectivity index (χ2v) is 16.6. The number of anilines is 6. The minimum Gasteiger partial charge on any atom is -0.311 e. The molecule has 0 N–H and O–H groups in total. The van der Waals surface area contributed by atoms with Crippen LogP contribution in [0.1, 0.15) is 33.4 Å². The minimum atomic E-state index is -0.0688. The van der Waals surface area contributed by atoms with E-state index in [1.54, 1.807) is 0 Å². The smallest absolute Gasteiger partial charge is 0.252 e. The van der Waals surface area contributed by atoms with Crippen molar-refractivity contribution in [2.75, 3.05) is 9.80 Å². The van der Waals surface area contributed by atoms with Gasteiger partial charge in [-0.05, 0) is 127 Å². The van der Waals surface area contributed by atoms with Gasteiger partial charge in [0.15, 0.2) is 0 Å². The molecule has 0 amide bonds. The lowest BCUT2D eigenvalue weighted by Crippen LogP contribution is -2.61. The van der Waals surface area contributed by atoms with Crippen LogP contribution >= 0.6 is 0 Å². The van der Waals surface area contributed by atoms with Crippen molar-refractivity contribution in [1.82, 2.24) is 9.97 Å². The summed E-state index contributed by atoms with van der Waals surface area (Å²) in [5, 5.41) is 4.67. The van der Waals surface area contributed by atoms with E-state index in [1.807, 2.05) is 12.4 Å². The molecule has 59 heavy (non-hydrogen) atoms. The molecule has 0 aliphatic carbocycles. The van der Waals surface area contributed by atoms with Crippen LogP contribution in [0, 0.1) is 41.5 Å². The van der Waals surface area contributed by atoms with E-state index in [-0.39, 0.29) is 6.71 Å². The Kier molecular flexibility index (Phi) is 7.93. The molecule has 4 heterocycles. The number of benzene rings is 7. The van der Waals surface area contributed by atoms with Crippen LogP contribution < -0.4 is 26.2 Å². The lowest BCUT2D eigenvalue weighted by molar-refractivity contribution is 1.18. The maximum absolute atomic E-state index is 5.04. The molecule has 0 atom stereocenters. The largest absolute Gasteiger partial charge is 0.311 e. The molecule has 7 aromatic carbocycles. The Labute approximate surface area is 346 Å². The summed E-state index contributed by atoms with van der Waals surface area (Å²) in [5.74, 6) is 0. The van der Waals surface area contributed by atoms with Gasteiger partial charge in [-0.1, -0.05) is 114 Å². The number of nitrogens with zero attached hydrogens (tertiary/aromatic N) is 4. The van der Waals surface area contributed by atoms with Gasteiger partial charge in [-0.3, -0.25) is 9.97 Å². The lowest BCUT2D eigenvalue weighted by atomic mass is 9.33. The van der Waals surface area contributed by atoms with Crippen LogP contribution in [0.3, 0.4) is 0 Å². The second kappa shape index (κ2) is 13.3. The first-order valence-electron chi connectivity index (χ1n) is 20.6. The van der Waals surface area contributed by atoms with Crippen molar-refractivity contribution in [2.45, 2.75) is 41.5 Å². The van der Waals surface area contributed by atoms with Gasteiger partial charge in [-0.15, -0.1) is 0 Å². The minimum absolute atomic E-state index is 0.0688. The second-order valence-electron chi connectivity index (χ2n) is 16.6. The van der Waals surface area contributed by atoms with Gasteiger partial charge >= 0.3 is 0 Å². The van der Waals surface area contributed by atoms with Crippen molar-refractivity contribution in [2.24, 2.45) is 0 Å². The van der Waals surface area contributed by atoms with Crippen LogP contribution in [0.2, 0.25) is 0 Å². The number of fused-ring (bicyclic) bond motifs is 6. The van der Waals surface area contributed by atoms with Gasteiger partial charge in [-0.25, -0.2) is 0 Å². The Morgan fingerprint density at radius 3 is 1.27 bits per heavy atom. The highest BCUT2D eigenvalue weighted by Gasteiger charge is 2.44. The van der Waals surface area contributed by atoms with E-state index in [9.17, 15) is 0 Å². The molecule has 11 rings (SSSR count). The number of pyridine rings is 2. The van der Waals surface area contributed by atoms with Gasteiger partial charge < -0.3 is 9.80 Å². The van der Waals surface area contributed by atoms with Gasteiger partial charge in [0.25, 0.3) is 6.71 Å². The molecule has 5 heteroatoms. The van der Waals surface area contributed by atoms with E-state index in [1.165, 1.54) is 94.7 Å². The molecule has 0 unspecified atom stereocenters. The van der Waals surface area contributed by atoms with Gasteiger partial charge in [-0.2, -0.15) is 0 Å². The van der Waals surface area contributed by atoms with E-state index in [2.05, 4.69) is 191 Å². The van der Waals surface area contributed by atoms with Crippen LogP contribution in [0.15, 0.2) is 152 Å². The first-order chi connectivity index (χ1) is 28.7. The molecule has 0 saturated heterocycles. The average molecular weight is 759 g/mol. The molecule has 2 aromatic heterocycles. The highest BCUT2D eigenvalue weighted by molar-refractivity contribution is 7.00. The van der Waals surface area contributed by atoms with Crippen molar-refractivity contribution < 1.29 is 0 Å². The van der Waals surface area contributed by atoms with Crippen molar-refractivity contribution in [3.63, 3.8) is 0 Å². The van der Waals surface area contributed by atoms with Gasteiger partial charge in [0.2, 0.25) is 0 Å². The van der Waals surface area contributed by atoms with Crippen LogP contribution in [0.25, 0.3) is 44.1 Å². The third kappa shape index (κ3) is 5.38. The Bertz CT molecular complexity index is 2950. The average Bonchev–Trinajstić information content (AvgIpc) is 3.23. The zero-order chi connectivity index (χ0) is 40.1. The normalized spacial score (nSPS) is 12.8. The molecule has 0 saturated carbocycles. The Hall–Kier alpha value is -6.98. The third-order valence-electron chi connectivity index (χ3n) is 12.6. The summed E-state index contributed by atoms with van der Waals surface area (Å²) in [6, 6.07) is 51.7. The molecule has 0 fully saturated rings. The first-order valence-corrected chi connectivity index (χ1v) is 20.6. The molecule has 2 aliphatic heterocycles. The standard InChI is InChI=1S/C54H43BN4/c1-32-26-34(3)53(35(4)27-32)58-46-20-18-40(51-42-14-9-7-12-38(42)22-24-56-51)30-44(46)55-45-31-41(52-43-15-10-8-13-39(43)23-25-57-52)19-21-47(45)59(49-17-11-16-48(58)50(49)55)54-36(5)28-33(2)29-37(54)6/h7-31H,1-6H3. The van der Waals surface area contributed by atoms with Crippen LogP contribution in [0.5, 0.6) is 0 Å². The highest BCUT2D eigenvalue weighted by Crippen LogP contribution is 2.48. The van der Waals surface area contributed by atoms with E-state index in [0.717, 1.165) is 33.3 Å². The molecular weight excluding hydrogens is 715 g/mol. The molecule has 282 valence electrons. The maximum Gasteiger partial charge on any atom is 0.252 e. The topological polar surface area (TPSA) is 32.3 Å². The van der Waals surface area contributed by atoms with Gasteiger partial charge in [0.05, 0.1) is 22.8 Å². The first kappa shape index (κ1) is 35.2. The summed E-state index contributed by atoms with van der Waals surface area (Å²) in [5.41, 5.74) is 22.9. The van der Waals surface area contributed by atoms with E-state index in [4.69, 9.17) is 9.97 Å². The molecule has 9 aromatic rings. The summed E-state index contributed by atoms with van der Waals surface area (Å²) in [6.07, 6.45) is 3.89. The molecule has 4 nitrogen and oxygen atoms in total. The van der Waals surface area contributed by atoms with Crippen molar-refractivity contribution in [3.8, 4) is 22.5 Å². The van der Waals surface area contributed by atoms with Crippen LogP contribution in [-0.2, 0) is 0 Å². The molecular formula is C54H43BN4. The zero-order valence-corrected chi connectivity index (χ0v) is 34.3. The number of aromatic nitrogens is 2. The summed E-state index contributed by atoms with van der Waals surface area (Å²) in [6.45, 7) is 13.4. The van der Waals surface area contributed by atoms with Gasteiger partial charge in [0.1, 0.15) is 0 Å². The quantitative estimate of drug-likeness (QED) is 0.167. The van der Waals surface area contributed by atoms with Crippen LogP contribution in [-0.4, -0.2) is 16.7 Å². The van der Waals surface area contributed by atoms with E-state index >= 15 is 0 Å². The molecule has 0 bridgehead atoms.